The zero-order valence-corrected chi connectivity index (χ0v) is 10.1. The molecular formula is C9H13BrN2S. The van der Waals surface area contributed by atoms with Crippen LogP contribution in [0, 0.1) is 5.92 Å². The Balaban J connectivity index is 2.03. The lowest BCUT2D eigenvalue weighted by Gasteiger charge is -2.13. The molecule has 1 aliphatic rings. The maximum atomic E-state index is 4.42. The molecule has 72 valence electrons. The van der Waals surface area contributed by atoms with Crippen LogP contribution in [0.1, 0.15) is 19.8 Å². The first-order chi connectivity index (χ1) is 6.29. The second-order valence-electron chi connectivity index (χ2n) is 3.46. The molecule has 1 fully saturated rings. The van der Waals surface area contributed by atoms with Gasteiger partial charge < -0.3 is 4.90 Å². The highest BCUT2D eigenvalue weighted by atomic mass is 79.9. The lowest BCUT2D eigenvalue weighted by molar-refractivity contribution is 0.569. The minimum atomic E-state index is 0.877. The summed E-state index contributed by atoms with van der Waals surface area (Å²) in [4.78, 5) is 6.81. The fourth-order valence-electron chi connectivity index (χ4n) is 1.73. The van der Waals surface area contributed by atoms with E-state index >= 15 is 0 Å². The molecular weight excluding hydrogens is 248 g/mol. The molecule has 1 atom stereocenters. The van der Waals surface area contributed by atoms with Crippen LogP contribution in [-0.2, 0) is 0 Å². The molecule has 2 rings (SSSR count). The summed E-state index contributed by atoms with van der Waals surface area (Å²) in [5, 5.41) is 3.22. The van der Waals surface area contributed by atoms with Gasteiger partial charge in [-0.2, -0.15) is 0 Å². The van der Waals surface area contributed by atoms with Gasteiger partial charge in [-0.15, -0.1) is 11.3 Å². The van der Waals surface area contributed by atoms with Crippen LogP contribution in [0.2, 0.25) is 0 Å². The highest BCUT2D eigenvalue weighted by Gasteiger charge is 2.22. The molecule has 0 amide bonds. The number of halogens is 1. The number of hydrogen-bond acceptors (Lipinski definition) is 3. The standard InChI is InChI=1S/C9H13BrN2S/c1-2-7-3-4-12(5-7)9-11-8(10)6-13-9/h6-7H,2-5H2,1H3. The van der Waals surface area contributed by atoms with Gasteiger partial charge in [-0.25, -0.2) is 4.98 Å². The Morgan fingerprint density at radius 2 is 2.62 bits per heavy atom. The topological polar surface area (TPSA) is 16.1 Å². The van der Waals surface area contributed by atoms with Crippen LogP contribution >= 0.6 is 27.3 Å². The Labute approximate surface area is 91.1 Å². The van der Waals surface area contributed by atoms with Crippen molar-refractivity contribution in [1.82, 2.24) is 4.98 Å². The Morgan fingerprint density at radius 3 is 3.15 bits per heavy atom. The Morgan fingerprint density at radius 1 is 1.77 bits per heavy atom. The first-order valence-corrected chi connectivity index (χ1v) is 6.33. The average Bonchev–Trinajstić information content (AvgIpc) is 2.71. The third-order valence-electron chi connectivity index (χ3n) is 2.60. The predicted molar refractivity (Wildman–Crippen MR) is 60.4 cm³/mol. The van der Waals surface area contributed by atoms with Crippen molar-refractivity contribution in [2.75, 3.05) is 18.0 Å². The van der Waals surface area contributed by atoms with Gasteiger partial charge in [0.1, 0.15) is 4.60 Å². The predicted octanol–water partition coefficient (Wildman–Crippen LogP) is 3.14. The molecule has 1 unspecified atom stereocenters. The molecule has 1 saturated heterocycles. The van der Waals surface area contributed by atoms with E-state index in [1.54, 1.807) is 11.3 Å². The van der Waals surface area contributed by atoms with E-state index in [9.17, 15) is 0 Å². The van der Waals surface area contributed by atoms with Crippen molar-refractivity contribution in [3.05, 3.63) is 9.98 Å². The van der Waals surface area contributed by atoms with Crippen LogP contribution in [0.25, 0.3) is 0 Å². The second-order valence-corrected chi connectivity index (χ2v) is 5.11. The quantitative estimate of drug-likeness (QED) is 0.813. The largest absolute Gasteiger partial charge is 0.348 e. The van der Waals surface area contributed by atoms with Crippen molar-refractivity contribution < 1.29 is 0 Å². The van der Waals surface area contributed by atoms with Gasteiger partial charge in [-0.05, 0) is 28.3 Å². The monoisotopic (exact) mass is 260 g/mol. The van der Waals surface area contributed by atoms with Gasteiger partial charge in [0.2, 0.25) is 0 Å². The number of anilines is 1. The molecule has 1 aliphatic heterocycles. The summed E-state index contributed by atoms with van der Waals surface area (Å²) in [5.41, 5.74) is 0. The summed E-state index contributed by atoms with van der Waals surface area (Å²) < 4.78 is 0.965. The molecule has 1 aromatic rings. The van der Waals surface area contributed by atoms with Gasteiger partial charge in [-0.3, -0.25) is 0 Å². The molecule has 1 aromatic heterocycles. The molecule has 13 heavy (non-hydrogen) atoms. The van der Waals surface area contributed by atoms with E-state index in [0.717, 1.165) is 10.5 Å². The number of hydrogen-bond donors (Lipinski definition) is 0. The fraction of sp³-hybridized carbons (Fsp3) is 0.667. The zero-order chi connectivity index (χ0) is 9.26. The van der Waals surface area contributed by atoms with Crippen LogP contribution in [0.4, 0.5) is 5.13 Å². The van der Waals surface area contributed by atoms with E-state index in [0.29, 0.717) is 0 Å². The molecule has 0 aliphatic carbocycles. The molecule has 0 spiro atoms. The van der Waals surface area contributed by atoms with Gasteiger partial charge in [0.05, 0.1) is 0 Å². The fourth-order valence-corrected chi connectivity index (χ4v) is 3.02. The van der Waals surface area contributed by atoms with E-state index in [4.69, 9.17) is 0 Å². The Hall–Kier alpha value is -0.0900. The van der Waals surface area contributed by atoms with Crippen molar-refractivity contribution >= 4 is 32.4 Å². The molecule has 0 radical (unpaired) electrons. The SMILES string of the molecule is CCC1CCN(c2nc(Br)cs2)C1. The van der Waals surface area contributed by atoms with Crippen molar-refractivity contribution in [3.8, 4) is 0 Å². The molecule has 0 N–H and O–H groups in total. The second kappa shape index (κ2) is 3.96. The number of thiazole rings is 1. The Bertz CT molecular complexity index is 287. The minimum Gasteiger partial charge on any atom is -0.348 e. The summed E-state index contributed by atoms with van der Waals surface area (Å²) in [5.74, 6) is 0.877. The summed E-state index contributed by atoms with van der Waals surface area (Å²) in [6, 6.07) is 0. The lowest BCUT2D eigenvalue weighted by atomic mass is 10.1. The molecule has 2 nitrogen and oxygen atoms in total. The molecule has 0 aromatic carbocycles. The lowest BCUT2D eigenvalue weighted by Crippen LogP contribution is -2.19. The van der Waals surface area contributed by atoms with Gasteiger partial charge in [0.25, 0.3) is 0 Å². The van der Waals surface area contributed by atoms with E-state index in [1.807, 2.05) is 0 Å². The van der Waals surface area contributed by atoms with Crippen molar-refractivity contribution in [2.45, 2.75) is 19.8 Å². The van der Waals surface area contributed by atoms with Crippen LogP contribution in [0.15, 0.2) is 9.98 Å². The van der Waals surface area contributed by atoms with E-state index in [1.165, 1.54) is 31.1 Å². The highest BCUT2D eigenvalue weighted by Crippen LogP contribution is 2.29. The van der Waals surface area contributed by atoms with E-state index in [2.05, 4.69) is 38.1 Å². The summed E-state index contributed by atoms with van der Waals surface area (Å²) >= 11 is 5.11. The van der Waals surface area contributed by atoms with Crippen LogP contribution < -0.4 is 4.90 Å². The summed E-state index contributed by atoms with van der Waals surface area (Å²) in [7, 11) is 0. The summed E-state index contributed by atoms with van der Waals surface area (Å²) in [6.45, 7) is 4.64. The van der Waals surface area contributed by atoms with Gasteiger partial charge >= 0.3 is 0 Å². The number of aromatic nitrogens is 1. The average molecular weight is 261 g/mol. The third kappa shape index (κ3) is 2.05. The molecule has 0 bridgehead atoms. The van der Waals surface area contributed by atoms with E-state index < -0.39 is 0 Å². The zero-order valence-electron chi connectivity index (χ0n) is 7.66. The number of rotatable bonds is 2. The van der Waals surface area contributed by atoms with Crippen molar-refractivity contribution in [1.29, 1.82) is 0 Å². The summed E-state index contributed by atoms with van der Waals surface area (Å²) in [6.07, 6.45) is 2.62. The van der Waals surface area contributed by atoms with Crippen LogP contribution in [0.3, 0.4) is 0 Å². The van der Waals surface area contributed by atoms with Crippen LogP contribution in [-0.4, -0.2) is 18.1 Å². The highest BCUT2D eigenvalue weighted by molar-refractivity contribution is 9.10. The first-order valence-electron chi connectivity index (χ1n) is 4.65. The molecule has 0 saturated carbocycles. The van der Waals surface area contributed by atoms with E-state index in [-0.39, 0.29) is 0 Å². The molecule has 4 heteroatoms. The maximum absolute atomic E-state index is 4.42. The minimum absolute atomic E-state index is 0.877. The van der Waals surface area contributed by atoms with Crippen molar-refractivity contribution in [3.63, 3.8) is 0 Å². The Kier molecular flexibility index (Phi) is 2.89. The first kappa shape index (κ1) is 9.46. The van der Waals surface area contributed by atoms with Gasteiger partial charge in [0, 0.05) is 18.5 Å². The maximum Gasteiger partial charge on any atom is 0.186 e. The smallest absolute Gasteiger partial charge is 0.186 e. The number of nitrogens with zero attached hydrogens (tertiary/aromatic N) is 2. The van der Waals surface area contributed by atoms with Crippen molar-refractivity contribution in [2.24, 2.45) is 5.92 Å². The van der Waals surface area contributed by atoms with Gasteiger partial charge in [-0.1, -0.05) is 13.3 Å². The van der Waals surface area contributed by atoms with Crippen LogP contribution in [0.5, 0.6) is 0 Å². The van der Waals surface area contributed by atoms with Gasteiger partial charge in [0.15, 0.2) is 5.13 Å². The third-order valence-corrected chi connectivity index (χ3v) is 4.21. The molecule has 2 heterocycles. The normalized spacial score (nSPS) is 22.6.